The molecule has 1 aromatic heterocycles. The van der Waals surface area contributed by atoms with Crippen LogP contribution in [0.25, 0.3) is 0 Å². The van der Waals surface area contributed by atoms with Crippen molar-refractivity contribution in [1.29, 1.82) is 0 Å². The van der Waals surface area contributed by atoms with Crippen LogP contribution in [0, 0.1) is 12.1 Å². The number of ether oxygens (including phenoxy) is 1. The molecule has 0 fully saturated rings. The maximum absolute atomic E-state index is 13.0. The Labute approximate surface area is 185 Å². The molecular formula is C22H21ClN2O5S. The number of rotatable bonds is 7. The number of aromatic nitrogens is 1. The van der Waals surface area contributed by atoms with Crippen LogP contribution < -0.4 is 14.2 Å². The molecule has 31 heavy (non-hydrogen) atoms. The Kier molecular flexibility index (Phi) is 6.52. The molecule has 0 saturated carbocycles. The monoisotopic (exact) mass is 460 g/mol. The first kappa shape index (κ1) is 22.6. The third-order valence-electron chi connectivity index (χ3n) is 4.35. The number of anilines is 1. The number of benzene rings is 2. The van der Waals surface area contributed by atoms with Gasteiger partial charge in [0, 0.05) is 23.6 Å². The predicted octanol–water partition coefficient (Wildman–Crippen LogP) is 4.10. The second-order valence-electron chi connectivity index (χ2n) is 7.15. The van der Waals surface area contributed by atoms with Crippen LogP contribution in [0.1, 0.15) is 35.5 Å². The number of hydrogen-bond donors (Lipinski definition) is 1. The number of pyridine rings is 1. The third kappa shape index (κ3) is 5.34. The van der Waals surface area contributed by atoms with Crippen LogP contribution >= 0.6 is 11.6 Å². The Hall–Kier alpha value is -3.10. The summed E-state index contributed by atoms with van der Waals surface area (Å²) in [4.78, 5) is 13.0. The molecule has 1 heterocycles. The normalized spacial score (nSPS) is 11.4. The predicted molar refractivity (Wildman–Crippen MR) is 118 cm³/mol. The van der Waals surface area contributed by atoms with Gasteiger partial charge in [0.2, 0.25) is 5.78 Å². The molecular weight excluding hydrogens is 440 g/mol. The van der Waals surface area contributed by atoms with E-state index in [1.807, 2.05) is 13.8 Å². The van der Waals surface area contributed by atoms with E-state index in [1.54, 1.807) is 19.1 Å². The summed E-state index contributed by atoms with van der Waals surface area (Å²) in [5, 5.41) is 12.1. The van der Waals surface area contributed by atoms with Crippen LogP contribution in [0.5, 0.6) is 5.75 Å². The molecule has 162 valence electrons. The zero-order valence-electron chi connectivity index (χ0n) is 17.1. The van der Waals surface area contributed by atoms with Crippen molar-refractivity contribution < 1.29 is 22.7 Å². The molecule has 0 aliphatic heterocycles. The Morgan fingerprint density at radius 1 is 1.10 bits per heavy atom. The van der Waals surface area contributed by atoms with Crippen LogP contribution in [-0.4, -0.2) is 20.3 Å². The Bertz CT molecular complexity index is 1230. The summed E-state index contributed by atoms with van der Waals surface area (Å²) in [7, 11) is -3.99. The lowest BCUT2D eigenvalue weighted by atomic mass is 10.0. The molecule has 0 atom stereocenters. The first-order valence-electron chi connectivity index (χ1n) is 9.40. The van der Waals surface area contributed by atoms with E-state index in [1.165, 1.54) is 42.5 Å². The lowest BCUT2D eigenvalue weighted by Gasteiger charge is -2.14. The van der Waals surface area contributed by atoms with Gasteiger partial charge in [0.1, 0.15) is 5.75 Å². The van der Waals surface area contributed by atoms with Gasteiger partial charge in [-0.15, -0.1) is 0 Å². The van der Waals surface area contributed by atoms with E-state index in [4.69, 9.17) is 16.3 Å². The van der Waals surface area contributed by atoms with Gasteiger partial charge in [-0.3, -0.25) is 9.52 Å². The number of carbonyl (C=O) groups is 1. The molecule has 0 saturated heterocycles. The van der Waals surface area contributed by atoms with Gasteiger partial charge in [-0.05, 0) is 62.4 Å². The van der Waals surface area contributed by atoms with E-state index < -0.39 is 15.8 Å². The van der Waals surface area contributed by atoms with Crippen molar-refractivity contribution in [3.05, 3.63) is 87.8 Å². The second-order valence-corrected chi connectivity index (χ2v) is 9.27. The fraction of sp³-hybridized carbons (Fsp3) is 0.182. The minimum atomic E-state index is -3.99. The number of hydrogen-bond acceptors (Lipinski definition) is 5. The summed E-state index contributed by atoms with van der Waals surface area (Å²) < 4.78 is 34.3. The van der Waals surface area contributed by atoms with E-state index in [2.05, 4.69) is 4.72 Å². The van der Waals surface area contributed by atoms with Crippen molar-refractivity contribution >= 4 is 33.1 Å². The molecule has 0 spiro atoms. The van der Waals surface area contributed by atoms with Gasteiger partial charge in [-0.2, -0.15) is 4.73 Å². The highest BCUT2D eigenvalue weighted by atomic mass is 35.5. The van der Waals surface area contributed by atoms with Gasteiger partial charge < -0.3 is 9.94 Å². The lowest BCUT2D eigenvalue weighted by molar-refractivity contribution is -0.612. The molecule has 0 radical (unpaired) electrons. The molecule has 3 rings (SSSR count). The third-order valence-corrected chi connectivity index (χ3v) is 5.96. The molecule has 0 aliphatic carbocycles. The fourth-order valence-corrected chi connectivity index (χ4v) is 4.06. The van der Waals surface area contributed by atoms with Crippen LogP contribution in [0.2, 0.25) is 5.02 Å². The first-order valence-corrected chi connectivity index (χ1v) is 11.3. The highest BCUT2D eigenvalue weighted by Crippen LogP contribution is 2.26. The van der Waals surface area contributed by atoms with Crippen LogP contribution in [-0.2, 0) is 10.0 Å². The summed E-state index contributed by atoms with van der Waals surface area (Å²) >= 11 is 6.04. The zero-order chi connectivity index (χ0) is 22.8. The van der Waals surface area contributed by atoms with Gasteiger partial charge in [0.05, 0.1) is 22.3 Å². The number of sulfonamides is 1. The summed E-state index contributed by atoms with van der Waals surface area (Å²) in [6.45, 7) is 5.35. The highest BCUT2D eigenvalue weighted by Gasteiger charge is 2.22. The lowest BCUT2D eigenvalue weighted by Crippen LogP contribution is -2.30. The van der Waals surface area contributed by atoms with Crippen molar-refractivity contribution in [3.63, 3.8) is 0 Å². The van der Waals surface area contributed by atoms with Crippen molar-refractivity contribution in [2.24, 2.45) is 0 Å². The van der Waals surface area contributed by atoms with E-state index >= 15 is 0 Å². The Morgan fingerprint density at radius 3 is 2.39 bits per heavy atom. The Balaban J connectivity index is 1.94. The standard InChI is InChI=1S/C22H21ClN2O5S/c1-14(2)30-18-7-9-19(10-8-18)31(28,29)24-21-11-6-17(23)12-20(21)22(26)16-5-4-15(3)25(27)13-16/h4-14,24H,1-3H3. The van der Waals surface area contributed by atoms with E-state index in [0.29, 0.717) is 16.2 Å². The number of aryl methyl sites for hydroxylation is 1. The number of nitrogens with one attached hydrogen (secondary N) is 1. The molecule has 0 amide bonds. The summed E-state index contributed by atoms with van der Waals surface area (Å²) in [5.74, 6) is 0.00655. The number of ketones is 1. The fourth-order valence-electron chi connectivity index (χ4n) is 2.81. The van der Waals surface area contributed by atoms with Crippen molar-refractivity contribution in [2.45, 2.75) is 31.8 Å². The van der Waals surface area contributed by atoms with Gasteiger partial charge in [-0.1, -0.05) is 11.6 Å². The number of halogens is 1. The minimum absolute atomic E-state index is 0.00434. The number of carbonyl (C=O) groups excluding carboxylic acids is 1. The quantitative estimate of drug-likeness (QED) is 0.325. The average Bonchev–Trinajstić information content (AvgIpc) is 2.70. The van der Waals surface area contributed by atoms with Crippen molar-refractivity contribution in [2.75, 3.05) is 4.72 Å². The van der Waals surface area contributed by atoms with Gasteiger partial charge in [0.15, 0.2) is 11.9 Å². The first-order chi connectivity index (χ1) is 14.6. The molecule has 0 unspecified atom stereocenters. The molecule has 1 N–H and O–H groups in total. The molecule has 3 aromatic rings. The van der Waals surface area contributed by atoms with Crippen molar-refractivity contribution in [1.82, 2.24) is 0 Å². The molecule has 0 aliphatic rings. The average molecular weight is 461 g/mol. The van der Waals surface area contributed by atoms with E-state index in [9.17, 15) is 18.4 Å². The smallest absolute Gasteiger partial charge is 0.261 e. The topological polar surface area (TPSA) is 99.4 Å². The summed E-state index contributed by atoms with van der Waals surface area (Å²) in [5.41, 5.74) is 0.613. The maximum Gasteiger partial charge on any atom is 0.261 e. The zero-order valence-corrected chi connectivity index (χ0v) is 18.7. The molecule has 7 nitrogen and oxygen atoms in total. The maximum atomic E-state index is 13.0. The largest absolute Gasteiger partial charge is 0.618 e. The summed E-state index contributed by atoms with van der Waals surface area (Å²) in [6.07, 6.45) is 1.10. The van der Waals surface area contributed by atoms with Gasteiger partial charge >= 0.3 is 0 Å². The Morgan fingerprint density at radius 2 is 1.77 bits per heavy atom. The van der Waals surface area contributed by atoms with E-state index in [0.717, 1.165) is 6.20 Å². The second kappa shape index (κ2) is 8.95. The summed E-state index contributed by atoms with van der Waals surface area (Å²) in [6, 6.07) is 13.2. The molecule has 2 aromatic carbocycles. The molecule has 9 heteroatoms. The van der Waals surface area contributed by atoms with Gasteiger partial charge in [-0.25, -0.2) is 8.42 Å². The van der Waals surface area contributed by atoms with Crippen LogP contribution in [0.15, 0.2) is 65.7 Å². The molecule has 0 bridgehead atoms. The SMILES string of the molecule is Cc1ccc(C(=O)c2cc(Cl)ccc2NS(=O)(=O)c2ccc(OC(C)C)cc2)c[n+]1[O-]. The minimum Gasteiger partial charge on any atom is -0.618 e. The highest BCUT2D eigenvalue weighted by molar-refractivity contribution is 7.92. The van der Waals surface area contributed by atoms with Gasteiger partial charge in [0.25, 0.3) is 10.0 Å². The van der Waals surface area contributed by atoms with Crippen molar-refractivity contribution in [3.8, 4) is 5.75 Å². The van der Waals surface area contributed by atoms with E-state index in [-0.39, 0.29) is 32.8 Å². The van der Waals surface area contributed by atoms with Crippen LogP contribution in [0.3, 0.4) is 0 Å². The van der Waals surface area contributed by atoms with Crippen LogP contribution in [0.4, 0.5) is 5.69 Å². The number of nitrogens with zero attached hydrogens (tertiary/aromatic N) is 1.